The molecule has 1 saturated heterocycles. The van der Waals surface area contributed by atoms with Gasteiger partial charge in [0, 0.05) is 43.4 Å². The van der Waals surface area contributed by atoms with Crippen molar-refractivity contribution in [3.63, 3.8) is 0 Å². The third kappa shape index (κ3) is 3.68. The van der Waals surface area contributed by atoms with Crippen molar-refractivity contribution in [2.24, 2.45) is 0 Å². The van der Waals surface area contributed by atoms with Gasteiger partial charge in [-0.25, -0.2) is 0 Å². The number of halogens is 1. The van der Waals surface area contributed by atoms with Gasteiger partial charge in [0.25, 0.3) is 11.6 Å². The predicted octanol–water partition coefficient (Wildman–Crippen LogP) is 1.76. The maximum atomic E-state index is 12.3. The van der Waals surface area contributed by atoms with Gasteiger partial charge in [0.1, 0.15) is 0 Å². The van der Waals surface area contributed by atoms with Gasteiger partial charge in [-0.15, -0.1) is 12.4 Å². The summed E-state index contributed by atoms with van der Waals surface area (Å²) in [6.07, 6.45) is 0. The second kappa shape index (κ2) is 6.67. The van der Waals surface area contributed by atoms with Gasteiger partial charge in [-0.3, -0.25) is 14.9 Å². The molecule has 6 nitrogen and oxygen atoms in total. The molecule has 0 aliphatic carbocycles. The summed E-state index contributed by atoms with van der Waals surface area (Å²) in [7, 11) is 0. The van der Waals surface area contributed by atoms with Crippen LogP contribution < -0.4 is 5.32 Å². The standard InChI is InChI=1S/C13H17N3O3.ClH/c1-9-5-11(7-12(6-9)16(18)19)13(17)15-4-3-14-10(2)8-15;/h5-7,10,14H,3-4,8H2,1-2H3;1H/t10-;/m0./s1. The fraction of sp³-hybridized carbons (Fsp3) is 0.462. The molecule has 0 unspecified atom stereocenters. The van der Waals surface area contributed by atoms with E-state index >= 15 is 0 Å². The zero-order chi connectivity index (χ0) is 14.0. The van der Waals surface area contributed by atoms with Gasteiger partial charge in [0.15, 0.2) is 0 Å². The van der Waals surface area contributed by atoms with Crippen LogP contribution in [0.25, 0.3) is 0 Å². The minimum Gasteiger partial charge on any atom is -0.336 e. The Morgan fingerprint density at radius 3 is 2.75 bits per heavy atom. The Bertz CT molecular complexity index is 522. The highest BCUT2D eigenvalue weighted by atomic mass is 35.5. The summed E-state index contributed by atoms with van der Waals surface area (Å²) in [6, 6.07) is 4.76. The van der Waals surface area contributed by atoms with Crippen LogP contribution in [0.5, 0.6) is 0 Å². The van der Waals surface area contributed by atoms with Crippen LogP contribution in [-0.2, 0) is 0 Å². The molecule has 1 aromatic rings. The number of hydrogen-bond acceptors (Lipinski definition) is 4. The van der Waals surface area contributed by atoms with Crippen molar-refractivity contribution in [3.05, 3.63) is 39.4 Å². The summed E-state index contributed by atoms with van der Waals surface area (Å²) in [5, 5.41) is 14.1. The molecule has 1 N–H and O–H groups in total. The van der Waals surface area contributed by atoms with Gasteiger partial charge < -0.3 is 10.2 Å². The van der Waals surface area contributed by atoms with E-state index in [9.17, 15) is 14.9 Å². The third-order valence-electron chi connectivity index (χ3n) is 3.18. The first-order valence-corrected chi connectivity index (χ1v) is 6.26. The number of carbonyl (C=O) groups excluding carboxylic acids is 1. The molecule has 1 aliphatic rings. The maximum Gasteiger partial charge on any atom is 0.270 e. The van der Waals surface area contributed by atoms with E-state index in [-0.39, 0.29) is 30.0 Å². The lowest BCUT2D eigenvalue weighted by atomic mass is 10.1. The van der Waals surface area contributed by atoms with Gasteiger partial charge in [-0.2, -0.15) is 0 Å². The van der Waals surface area contributed by atoms with Crippen molar-refractivity contribution < 1.29 is 9.72 Å². The SMILES string of the molecule is Cc1cc(C(=O)N2CCN[C@@H](C)C2)cc([N+](=O)[O-])c1.Cl. The number of nitrogens with zero attached hydrogens (tertiary/aromatic N) is 2. The largest absolute Gasteiger partial charge is 0.336 e. The van der Waals surface area contributed by atoms with Crippen LogP contribution in [0.2, 0.25) is 0 Å². The Kier molecular flexibility index (Phi) is 5.47. The quantitative estimate of drug-likeness (QED) is 0.667. The number of aryl methyl sites for hydroxylation is 1. The van der Waals surface area contributed by atoms with Crippen LogP contribution in [-0.4, -0.2) is 41.4 Å². The second-order valence-corrected chi connectivity index (χ2v) is 4.92. The normalized spacial score (nSPS) is 18.3. The monoisotopic (exact) mass is 299 g/mol. The molecule has 1 aliphatic heterocycles. The molecule has 0 saturated carbocycles. The van der Waals surface area contributed by atoms with Gasteiger partial charge in [-0.05, 0) is 25.5 Å². The van der Waals surface area contributed by atoms with E-state index in [1.54, 1.807) is 17.9 Å². The molecule has 0 spiro atoms. The number of amides is 1. The molecule has 1 amide bonds. The van der Waals surface area contributed by atoms with Crippen LogP contribution >= 0.6 is 12.4 Å². The highest BCUT2D eigenvalue weighted by Gasteiger charge is 2.23. The Morgan fingerprint density at radius 1 is 1.45 bits per heavy atom. The van der Waals surface area contributed by atoms with Crippen molar-refractivity contribution >= 4 is 24.0 Å². The lowest BCUT2D eigenvalue weighted by Gasteiger charge is -2.32. The van der Waals surface area contributed by atoms with Crippen LogP contribution in [0.15, 0.2) is 18.2 Å². The number of nitrogens with one attached hydrogen (secondary N) is 1. The van der Waals surface area contributed by atoms with E-state index in [0.717, 1.165) is 12.1 Å². The molecule has 1 fully saturated rings. The summed E-state index contributed by atoms with van der Waals surface area (Å²) >= 11 is 0. The zero-order valence-electron chi connectivity index (χ0n) is 11.5. The van der Waals surface area contributed by atoms with E-state index < -0.39 is 4.92 Å². The fourth-order valence-corrected chi connectivity index (χ4v) is 2.29. The molecule has 1 heterocycles. The lowest BCUT2D eigenvalue weighted by molar-refractivity contribution is -0.384. The molecule has 7 heteroatoms. The van der Waals surface area contributed by atoms with E-state index in [4.69, 9.17) is 0 Å². The van der Waals surface area contributed by atoms with Gasteiger partial charge in [0.2, 0.25) is 0 Å². The van der Waals surface area contributed by atoms with Gasteiger partial charge in [-0.1, -0.05) is 0 Å². The summed E-state index contributed by atoms with van der Waals surface area (Å²) < 4.78 is 0. The van der Waals surface area contributed by atoms with Crippen molar-refractivity contribution in [2.45, 2.75) is 19.9 Å². The topological polar surface area (TPSA) is 75.5 Å². The van der Waals surface area contributed by atoms with Crippen molar-refractivity contribution in [3.8, 4) is 0 Å². The van der Waals surface area contributed by atoms with E-state index in [1.165, 1.54) is 12.1 Å². The van der Waals surface area contributed by atoms with Crippen LogP contribution in [0.3, 0.4) is 0 Å². The molecule has 1 atom stereocenters. The first-order chi connectivity index (χ1) is 8.97. The Hall–Kier alpha value is -1.66. The lowest BCUT2D eigenvalue weighted by Crippen LogP contribution is -2.51. The Labute approximate surface area is 123 Å². The molecule has 0 aromatic heterocycles. The Balaban J connectivity index is 0.00000200. The van der Waals surface area contributed by atoms with E-state index in [1.807, 2.05) is 6.92 Å². The third-order valence-corrected chi connectivity index (χ3v) is 3.18. The molecule has 20 heavy (non-hydrogen) atoms. The molecule has 2 rings (SSSR count). The summed E-state index contributed by atoms with van der Waals surface area (Å²) in [5.74, 6) is -0.139. The summed E-state index contributed by atoms with van der Waals surface area (Å²) in [6.45, 7) is 5.77. The number of nitro groups is 1. The number of benzene rings is 1. The van der Waals surface area contributed by atoms with Gasteiger partial charge >= 0.3 is 0 Å². The summed E-state index contributed by atoms with van der Waals surface area (Å²) in [4.78, 5) is 24.4. The molecule has 1 aromatic carbocycles. The predicted molar refractivity (Wildman–Crippen MR) is 78.4 cm³/mol. The average Bonchev–Trinajstić information content (AvgIpc) is 2.37. The van der Waals surface area contributed by atoms with Crippen LogP contribution in [0, 0.1) is 17.0 Å². The van der Waals surface area contributed by atoms with Gasteiger partial charge in [0.05, 0.1) is 4.92 Å². The number of hydrogen-bond donors (Lipinski definition) is 1. The second-order valence-electron chi connectivity index (χ2n) is 4.92. The zero-order valence-corrected chi connectivity index (χ0v) is 12.3. The highest BCUT2D eigenvalue weighted by Crippen LogP contribution is 2.18. The minimum absolute atomic E-state index is 0. The average molecular weight is 300 g/mol. The van der Waals surface area contributed by atoms with Crippen molar-refractivity contribution in [2.75, 3.05) is 19.6 Å². The van der Waals surface area contributed by atoms with Crippen LogP contribution in [0.4, 0.5) is 5.69 Å². The summed E-state index contributed by atoms with van der Waals surface area (Å²) in [5.41, 5.74) is 1.08. The number of rotatable bonds is 2. The fourth-order valence-electron chi connectivity index (χ4n) is 2.29. The first kappa shape index (κ1) is 16.4. The number of piperazine rings is 1. The number of carbonyl (C=O) groups is 1. The number of non-ortho nitro benzene ring substituents is 1. The molecular formula is C13H18ClN3O3. The molecule has 110 valence electrons. The van der Waals surface area contributed by atoms with E-state index in [0.29, 0.717) is 18.7 Å². The maximum absolute atomic E-state index is 12.3. The van der Waals surface area contributed by atoms with Crippen molar-refractivity contribution in [1.82, 2.24) is 10.2 Å². The Morgan fingerprint density at radius 2 is 2.15 bits per heavy atom. The molecule has 0 bridgehead atoms. The van der Waals surface area contributed by atoms with E-state index in [2.05, 4.69) is 5.32 Å². The first-order valence-electron chi connectivity index (χ1n) is 6.26. The van der Waals surface area contributed by atoms with Crippen molar-refractivity contribution in [1.29, 1.82) is 0 Å². The highest BCUT2D eigenvalue weighted by molar-refractivity contribution is 5.95. The number of nitro benzene ring substituents is 1. The smallest absolute Gasteiger partial charge is 0.270 e. The molecule has 0 radical (unpaired) electrons. The minimum atomic E-state index is -0.468. The molecular weight excluding hydrogens is 282 g/mol. The van der Waals surface area contributed by atoms with Crippen LogP contribution in [0.1, 0.15) is 22.8 Å².